The second kappa shape index (κ2) is 6.46. The first-order valence-corrected chi connectivity index (χ1v) is 6.52. The maximum atomic E-state index is 11.9. The Balaban J connectivity index is 2.52. The molecular weight excluding hydrogens is 244 g/mol. The van der Waals surface area contributed by atoms with Crippen LogP contribution in [-0.4, -0.2) is 42.1 Å². The molecule has 1 heterocycles. The van der Waals surface area contributed by atoms with E-state index in [4.69, 9.17) is 11.2 Å². The zero-order chi connectivity index (χ0) is 14.5. The summed E-state index contributed by atoms with van der Waals surface area (Å²) in [6.45, 7) is 6.73. The van der Waals surface area contributed by atoms with Gasteiger partial charge in [0, 0.05) is 13.1 Å². The van der Waals surface area contributed by atoms with E-state index in [1.165, 1.54) is 0 Å². The molecule has 5 heteroatoms. The smallest absolute Gasteiger partial charge is 0.410 e. The lowest BCUT2D eigenvalue weighted by molar-refractivity contribution is -0.126. The molecule has 0 aromatic heterocycles. The molecule has 1 atom stereocenters. The molecule has 0 spiro atoms. The largest absolute Gasteiger partial charge is 0.444 e. The molecule has 1 aliphatic rings. The Kier molecular flexibility index (Phi) is 5.22. The number of likely N-dealkylation sites (tertiary alicyclic amines) is 1. The van der Waals surface area contributed by atoms with Crippen LogP contribution in [0.25, 0.3) is 0 Å². The van der Waals surface area contributed by atoms with Crippen LogP contribution in [-0.2, 0) is 9.53 Å². The quantitative estimate of drug-likeness (QED) is 0.768. The highest BCUT2D eigenvalue weighted by atomic mass is 16.6. The van der Waals surface area contributed by atoms with Crippen LogP contribution in [0.15, 0.2) is 0 Å². The fourth-order valence-corrected chi connectivity index (χ4v) is 1.97. The third-order valence-electron chi connectivity index (χ3n) is 2.81. The molecule has 0 aromatic carbocycles. The maximum Gasteiger partial charge on any atom is 0.410 e. The Labute approximate surface area is 114 Å². The van der Waals surface area contributed by atoms with Crippen molar-refractivity contribution in [1.82, 2.24) is 10.2 Å². The van der Waals surface area contributed by atoms with Gasteiger partial charge in [0.25, 0.3) is 0 Å². The summed E-state index contributed by atoms with van der Waals surface area (Å²) in [5.41, 5.74) is -0.518. The molecule has 1 N–H and O–H groups in total. The van der Waals surface area contributed by atoms with Crippen LogP contribution in [0.4, 0.5) is 4.79 Å². The van der Waals surface area contributed by atoms with Gasteiger partial charge in [0.2, 0.25) is 5.91 Å². The number of nitrogens with one attached hydrogen (secondary N) is 1. The van der Waals surface area contributed by atoms with Gasteiger partial charge in [-0.15, -0.1) is 6.42 Å². The second-order valence-corrected chi connectivity index (χ2v) is 5.69. The van der Waals surface area contributed by atoms with Crippen molar-refractivity contribution in [2.45, 2.75) is 39.2 Å². The van der Waals surface area contributed by atoms with Crippen LogP contribution in [0, 0.1) is 18.3 Å². The number of nitrogens with zero attached hydrogens (tertiary/aromatic N) is 1. The van der Waals surface area contributed by atoms with E-state index in [1.54, 1.807) is 4.90 Å². The van der Waals surface area contributed by atoms with Crippen LogP contribution in [0.3, 0.4) is 0 Å². The number of carbonyl (C=O) groups is 2. The molecule has 1 fully saturated rings. The zero-order valence-corrected chi connectivity index (χ0v) is 11.9. The summed E-state index contributed by atoms with van der Waals surface area (Å²) in [4.78, 5) is 25.4. The summed E-state index contributed by atoms with van der Waals surface area (Å²) in [5, 5.41) is 2.66. The minimum atomic E-state index is -0.518. The highest BCUT2D eigenvalue weighted by molar-refractivity contribution is 5.80. The van der Waals surface area contributed by atoms with Crippen LogP contribution >= 0.6 is 0 Å². The Morgan fingerprint density at radius 1 is 1.47 bits per heavy atom. The van der Waals surface area contributed by atoms with E-state index in [0.29, 0.717) is 13.1 Å². The lowest BCUT2D eigenvalue weighted by atomic mass is 9.97. The number of terminal acetylenes is 1. The average molecular weight is 266 g/mol. The molecule has 106 valence electrons. The lowest BCUT2D eigenvalue weighted by Crippen LogP contribution is -2.47. The van der Waals surface area contributed by atoms with Crippen molar-refractivity contribution in [3.05, 3.63) is 0 Å². The van der Waals surface area contributed by atoms with Gasteiger partial charge in [-0.25, -0.2) is 4.79 Å². The van der Waals surface area contributed by atoms with Crippen LogP contribution in [0.1, 0.15) is 33.6 Å². The first-order valence-electron chi connectivity index (χ1n) is 6.52. The summed E-state index contributed by atoms with van der Waals surface area (Å²) in [7, 11) is 0. The monoisotopic (exact) mass is 266 g/mol. The number of rotatable bonds is 2. The van der Waals surface area contributed by atoms with Gasteiger partial charge in [-0.3, -0.25) is 4.79 Å². The summed E-state index contributed by atoms with van der Waals surface area (Å²) >= 11 is 0. The summed E-state index contributed by atoms with van der Waals surface area (Å²) < 4.78 is 5.31. The number of carbonyl (C=O) groups excluding carboxylic acids is 2. The van der Waals surface area contributed by atoms with E-state index in [1.807, 2.05) is 20.8 Å². The van der Waals surface area contributed by atoms with Crippen molar-refractivity contribution in [2.75, 3.05) is 19.6 Å². The Morgan fingerprint density at radius 2 is 2.16 bits per heavy atom. The topological polar surface area (TPSA) is 58.6 Å². The lowest BCUT2D eigenvalue weighted by Gasteiger charge is -2.33. The normalized spacial score (nSPS) is 19.5. The van der Waals surface area contributed by atoms with Gasteiger partial charge in [0.1, 0.15) is 5.60 Å². The number of amides is 2. The van der Waals surface area contributed by atoms with Crippen molar-refractivity contribution in [3.8, 4) is 12.3 Å². The first kappa shape index (κ1) is 15.4. The van der Waals surface area contributed by atoms with Crippen molar-refractivity contribution >= 4 is 12.0 Å². The van der Waals surface area contributed by atoms with Crippen LogP contribution in [0.2, 0.25) is 0 Å². The molecule has 0 aromatic rings. The fraction of sp³-hybridized carbons (Fsp3) is 0.714. The van der Waals surface area contributed by atoms with Gasteiger partial charge >= 0.3 is 6.09 Å². The Morgan fingerprint density at radius 3 is 2.74 bits per heavy atom. The van der Waals surface area contributed by atoms with E-state index in [9.17, 15) is 9.59 Å². The minimum Gasteiger partial charge on any atom is -0.444 e. The first-order chi connectivity index (χ1) is 8.83. The standard InChI is InChI=1S/C14H22N2O3/c1-5-8-15-12(17)11-7-6-9-16(10-11)13(18)19-14(2,3)4/h1,11H,6-10H2,2-4H3,(H,15,17)/t11-/m0/s1. The molecule has 5 nitrogen and oxygen atoms in total. The predicted molar refractivity (Wildman–Crippen MR) is 72.4 cm³/mol. The van der Waals surface area contributed by atoms with Crippen LogP contribution < -0.4 is 5.32 Å². The average Bonchev–Trinajstić information content (AvgIpc) is 2.34. The molecule has 1 saturated heterocycles. The Bertz CT molecular complexity index is 379. The predicted octanol–water partition coefficient (Wildman–Crippen LogP) is 1.38. The molecule has 0 saturated carbocycles. The third kappa shape index (κ3) is 5.21. The third-order valence-corrected chi connectivity index (χ3v) is 2.81. The van der Waals surface area contributed by atoms with E-state index in [0.717, 1.165) is 12.8 Å². The number of hydrogen-bond acceptors (Lipinski definition) is 3. The molecule has 0 aliphatic carbocycles. The SMILES string of the molecule is C#CCNC(=O)[C@H]1CCCN(C(=O)OC(C)(C)C)C1. The van der Waals surface area contributed by atoms with Crippen molar-refractivity contribution in [3.63, 3.8) is 0 Å². The van der Waals surface area contributed by atoms with Gasteiger partial charge in [-0.2, -0.15) is 0 Å². The van der Waals surface area contributed by atoms with Crippen molar-refractivity contribution in [2.24, 2.45) is 5.92 Å². The summed E-state index contributed by atoms with van der Waals surface area (Å²) in [6.07, 6.45) is 6.32. The molecule has 0 unspecified atom stereocenters. The molecule has 0 radical (unpaired) electrons. The molecule has 1 aliphatic heterocycles. The molecular formula is C14H22N2O3. The fourth-order valence-electron chi connectivity index (χ4n) is 1.97. The summed E-state index contributed by atoms with van der Waals surface area (Å²) in [5.74, 6) is 2.07. The van der Waals surface area contributed by atoms with Crippen LogP contribution in [0.5, 0.6) is 0 Å². The number of piperidine rings is 1. The van der Waals surface area contributed by atoms with Crippen molar-refractivity contribution in [1.29, 1.82) is 0 Å². The molecule has 2 amide bonds. The van der Waals surface area contributed by atoms with Gasteiger partial charge < -0.3 is 15.0 Å². The summed E-state index contributed by atoms with van der Waals surface area (Å²) in [6, 6.07) is 0. The van der Waals surface area contributed by atoms with Gasteiger partial charge in [-0.05, 0) is 33.6 Å². The highest BCUT2D eigenvalue weighted by Gasteiger charge is 2.30. The molecule has 0 bridgehead atoms. The van der Waals surface area contributed by atoms with E-state index in [-0.39, 0.29) is 24.5 Å². The maximum absolute atomic E-state index is 11.9. The van der Waals surface area contributed by atoms with E-state index >= 15 is 0 Å². The van der Waals surface area contributed by atoms with Gasteiger partial charge in [0.15, 0.2) is 0 Å². The highest BCUT2D eigenvalue weighted by Crippen LogP contribution is 2.19. The van der Waals surface area contributed by atoms with Crippen molar-refractivity contribution < 1.29 is 14.3 Å². The Hall–Kier alpha value is -1.70. The van der Waals surface area contributed by atoms with Gasteiger partial charge in [-0.1, -0.05) is 5.92 Å². The number of hydrogen-bond donors (Lipinski definition) is 1. The zero-order valence-electron chi connectivity index (χ0n) is 11.9. The van der Waals surface area contributed by atoms with E-state index in [2.05, 4.69) is 11.2 Å². The van der Waals surface area contributed by atoms with Gasteiger partial charge in [0.05, 0.1) is 12.5 Å². The molecule has 1 rings (SSSR count). The second-order valence-electron chi connectivity index (χ2n) is 5.69. The van der Waals surface area contributed by atoms with E-state index < -0.39 is 5.60 Å². The molecule has 19 heavy (non-hydrogen) atoms. The number of ether oxygens (including phenoxy) is 1. The minimum absolute atomic E-state index is 0.0915.